The first-order valence-corrected chi connectivity index (χ1v) is 10.8. The molecule has 32 heavy (non-hydrogen) atoms. The average molecular weight is 472 g/mol. The first-order chi connectivity index (χ1) is 15.4. The number of hydroxylamine groups is 1. The van der Waals surface area contributed by atoms with Crippen molar-refractivity contribution in [3.8, 4) is 0 Å². The third kappa shape index (κ3) is 6.82. The van der Waals surface area contributed by atoms with Crippen LogP contribution in [-0.2, 0) is 25.8 Å². The second-order valence-corrected chi connectivity index (χ2v) is 8.06. The molecule has 2 atom stereocenters. The standard InChI is InChI=1S/C25H23Cl2NO4/c1-17(19-10-6-3-7-11-19)28-32-24(29)15-21(20-12-13-22(26)23(27)14-20)25(30)31-16-18-8-4-2-5-9-18/h2-14,17,21,28H,15-16H2,1H3/t17-,21-/m0/s1. The molecule has 0 saturated heterocycles. The molecule has 3 rings (SSSR count). The van der Waals surface area contributed by atoms with Gasteiger partial charge in [-0.2, -0.15) is 0 Å². The number of halogens is 2. The van der Waals surface area contributed by atoms with Crippen LogP contribution in [0.3, 0.4) is 0 Å². The van der Waals surface area contributed by atoms with E-state index in [1.807, 2.05) is 67.6 Å². The van der Waals surface area contributed by atoms with E-state index in [0.29, 0.717) is 10.6 Å². The van der Waals surface area contributed by atoms with Crippen molar-refractivity contribution in [1.82, 2.24) is 5.48 Å². The molecule has 0 radical (unpaired) electrons. The SMILES string of the molecule is C[C@H](NOC(=O)C[C@H](C(=O)OCc1ccccc1)c1ccc(Cl)c(Cl)c1)c1ccccc1. The van der Waals surface area contributed by atoms with Gasteiger partial charge < -0.3 is 9.57 Å². The maximum absolute atomic E-state index is 12.9. The van der Waals surface area contributed by atoms with Gasteiger partial charge >= 0.3 is 11.9 Å². The molecule has 0 aliphatic carbocycles. The van der Waals surface area contributed by atoms with E-state index in [1.54, 1.807) is 18.2 Å². The average Bonchev–Trinajstić information content (AvgIpc) is 2.82. The van der Waals surface area contributed by atoms with Crippen LogP contribution in [0.25, 0.3) is 0 Å². The minimum Gasteiger partial charge on any atom is -0.460 e. The summed E-state index contributed by atoms with van der Waals surface area (Å²) in [7, 11) is 0. The lowest BCUT2D eigenvalue weighted by atomic mass is 9.96. The fraction of sp³-hybridized carbons (Fsp3) is 0.200. The molecule has 0 aliphatic heterocycles. The van der Waals surface area contributed by atoms with Gasteiger partial charge in [0.05, 0.1) is 28.4 Å². The number of ether oxygens (including phenoxy) is 1. The van der Waals surface area contributed by atoms with Crippen molar-refractivity contribution in [2.75, 3.05) is 0 Å². The summed E-state index contributed by atoms with van der Waals surface area (Å²) < 4.78 is 5.47. The second-order valence-electron chi connectivity index (χ2n) is 7.25. The lowest BCUT2D eigenvalue weighted by Gasteiger charge is -2.18. The van der Waals surface area contributed by atoms with Gasteiger partial charge in [-0.25, -0.2) is 0 Å². The van der Waals surface area contributed by atoms with Crippen LogP contribution in [0.4, 0.5) is 0 Å². The molecule has 0 saturated carbocycles. The second kappa shape index (κ2) is 11.7. The molecule has 1 N–H and O–H groups in total. The summed E-state index contributed by atoms with van der Waals surface area (Å²) >= 11 is 12.1. The Balaban J connectivity index is 1.67. The van der Waals surface area contributed by atoms with E-state index in [2.05, 4.69) is 5.48 Å². The van der Waals surface area contributed by atoms with Crippen molar-refractivity contribution in [2.45, 2.75) is 31.9 Å². The van der Waals surface area contributed by atoms with E-state index in [1.165, 1.54) is 0 Å². The normalized spacial score (nSPS) is 12.6. The highest BCUT2D eigenvalue weighted by Crippen LogP contribution is 2.29. The zero-order valence-corrected chi connectivity index (χ0v) is 19.0. The molecule has 0 aliphatic rings. The number of carbonyl (C=O) groups excluding carboxylic acids is 2. The van der Waals surface area contributed by atoms with Crippen molar-refractivity contribution >= 4 is 35.1 Å². The zero-order valence-electron chi connectivity index (χ0n) is 17.5. The number of carbonyl (C=O) groups is 2. The summed E-state index contributed by atoms with van der Waals surface area (Å²) in [6.45, 7) is 1.96. The molecule has 0 fully saturated rings. The topological polar surface area (TPSA) is 64.6 Å². The predicted molar refractivity (Wildman–Crippen MR) is 124 cm³/mol. The summed E-state index contributed by atoms with van der Waals surface area (Å²) in [5, 5.41) is 0.641. The molecule has 0 amide bonds. The molecular weight excluding hydrogens is 449 g/mol. The van der Waals surface area contributed by atoms with Gasteiger partial charge in [-0.05, 0) is 35.7 Å². The van der Waals surface area contributed by atoms with Crippen LogP contribution in [0, 0.1) is 0 Å². The van der Waals surface area contributed by atoms with Gasteiger partial charge in [-0.1, -0.05) is 89.9 Å². The lowest BCUT2D eigenvalue weighted by Crippen LogP contribution is -2.26. The maximum atomic E-state index is 12.9. The molecule has 166 valence electrons. The maximum Gasteiger partial charge on any atom is 0.325 e. The number of esters is 1. The Hall–Kier alpha value is -2.86. The van der Waals surface area contributed by atoms with E-state index < -0.39 is 17.9 Å². The highest BCUT2D eigenvalue weighted by atomic mass is 35.5. The van der Waals surface area contributed by atoms with E-state index in [-0.39, 0.29) is 24.1 Å². The van der Waals surface area contributed by atoms with Crippen molar-refractivity contribution < 1.29 is 19.2 Å². The molecule has 0 bridgehead atoms. The smallest absolute Gasteiger partial charge is 0.325 e. The fourth-order valence-electron chi connectivity index (χ4n) is 3.07. The summed E-state index contributed by atoms with van der Waals surface area (Å²) in [6.07, 6.45) is -0.222. The van der Waals surface area contributed by atoms with Crippen molar-refractivity contribution in [3.63, 3.8) is 0 Å². The Bertz CT molecular complexity index is 1040. The Morgan fingerprint density at radius 2 is 1.53 bits per heavy atom. The highest BCUT2D eigenvalue weighted by molar-refractivity contribution is 6.42. The lowest BCUT2D eigenvalue weighted by molar-refractivity contribution is -0.158. The molecule has 0 unspecified atom stereocenters. The monoisotopic (exact) mass is 471 g/mol. The summed E-state index contributed by atoms with van der Waals surface area (Å²) in [4.78, 5) is 30.6. The number of rotatable bonds is 9. The minimum absolute atomic E-state index is 0.0931. The molecule has 0 heterocycles. The predicted octanol–water partition coefficient (Wildman–Crippen LogP) is 6.02. The van der Waals surface area contributed by atoms with Crippen LogP contribution < -0.4 is 5.48 Å². The minimum atomic E-state index is -0.894. The molecule has 3 aromatic carbocycles. The van der Waals surface area contributed by atoms with Crippen molar-refractivity contribution in [2.24, 2.45) is 0 Å². The molecule has 0 aromatic heterocycles. The number of hydrogen-bond donors (Lipinski definition) is 1. The third-order valence-electron chi connectivity index (χ3n) is 4.87. The van der Waals surface area contributed by atoms with Gasteiger partial charge in [0.15, 0.2) is 0 Å². The summed E-state index contributed by atoms with van der Waals surface area (Å²) in [5.74, 6) is -2.05. The Morgan fingerprint density at radius 3 is 2.19 bits per heavy atom. The van der Waals surface area contributed by atoms with Gasteiger partial charge in [0.2, 0.25) is 0 Å². The van der Waals surface area contributed by atoms with E-state index in [4.69, 9.17) is 32.8 Å². The number of benzene rings is 3. The van der Waals surface area contributed by atoms with Crippen LogP contribution in [0.2, 0.25) is 10.0 Å². The van der Waals surface area contributed by atoms with Crippen LogP contribution in [0.5, 0.6) is 0 Å². The van der Waals surface area contributed by atoms with Crippen molar-refractivity contribution in [3.05, 3.63) is 106 Å². The Morgan fingerprint density at radius 1 is 0.875 bits per heavy atom. The highest BCUT2D eigenvalue weighted by Gasteiger charge is 2.27. The van der Waals surface area contributed by atoms with Gasteiger partial charge in [-0.3, -0.25) is 9.59 Å². The first kappa shape index (κ1) is 23.8. The van der Waals surface area contributed by atoms with Gasteiger partial charge in [-0.15, -0.1) is 5.48 Å². The Labute approximate surface area is 197 Å². The zero-order chi connectivity index (χ0) is 22.9. The molecule has 3 aromatic rings. The summed E-state index contributed by atoms with van der Waals surface area (Å²) in [6, 6.07) is 23.4. The largest absolute Gasteiger partial charge is 0.460 e. The van der Waals surface area contributed by atoms with Gasteiger partial charge in [0, 0.05) is 0 Å². The van der Waals surface area contributed by atoms with E-state index >= 15 is 0 Å². The quantitative estimate of drug-likeness (QED) is 0.305. The van der Waals surface area contributed by atoms with Crippen LogP contribution in [0.1, 0.15) is 42.0 Å². The molecule has 5 nitrogen and oxygen atoms in total. The van der Waals surface area contributed by atoms with Crippen molar-refractivity contribution in [1.29, 1.82) is 0 Å². The van der Waals surface area contributed by atoms with E-state index in [0.717, 1.165) is 11.1 Å². The number of nitrogens with one attached hydrogen (secondary N) is 1. The van der Waals surface area contributed by atoms with Crippen LogP contribution in [-0.4, -0.2) is 11.9 Å². The first-order valence-electron chi connectivity index (χ1n) is 10.1. The summed E-state index contributed by atoms with van der Waals surface area (Å²) in [5.41, 5.74) is 5.05. The van der Waals surface area contributed by atoms with Crippen LogP contribution in [0.15, 0.2) is 78.9 Å². The third-order valence-corrected chi connectivity index (χ3v) is 5.61. The van der Waals surface area contributed by atoms with Gasteiger partial charge in [0.25, 0.3) is 0 Å². The number of hydrogen-bond acceptors (Lipinski definition) is 5. The van der Waals surface area contributed by atoms with Crippen LogP contribution >= 0.6 is 23.2 Å². The molecule has 7 heteroatoms. The molecule has 0 spiro atoms. The molecular formula is C25H23Cl2NO4. The fourth-order valence-corrected chi connectivity index (χ4v) is 3.37. The van der Waals surface area contributed by atoms with E-state index in [9.17, 15) is 9.59 Å². The van der Waals surface area contributed by atoms with Gasteiger partial charge in [0.1, 0.15) is 6.61 Å². The Kier molecular flexibility index (Phi) is 8.68.